The number of amides is 1. The average molecular weight is 348 g/mol. The maximum absolute atomic E-state index is 12.3. The van der Waals surface area contributed by atoms with Gasteiger partial charge in [0.15, 0.2) is 0 Å². The Morgan fingerprint density at radius 2 is 2.04 bits per heavy atom. The highest BCUT2D eigenvalue weighted by atomic mass is 32.2. The number of nitrogens with zero attached hydrogens (tertiary/aromatic N) is 3. The fraction of sp³-hybridized carbons (Fsp3) is 0.250. The molecule has 1 heterocycles. The van der Waals surface area contributed by atoms with E-state index in [9.17, 15) is 13.2 Å². The predicted molar refractivity (Wildman–Crippen MR) is 91.4 cm³/mol. The Morgan fingerprint density at radius 3 is 2.67 bits per heavy atom. The summed E-state index contributed by atoms with van der Waals surface area (Å²) in [6.07, 6.45) is 6.45. The van der Waals surface area contributed by atoms with E-state index < -0.39 is 10.0 Å². The smallest absolute Gasteiger partial charge is 0.244 e. The minimum Gasteiger partial charge on any atom is -0.348 e. The first kappa shape index (κ1) is 17.9. The largest absolute Gasteiger partial charge is 0.348 e. The molecular formula is C16H20N4O3S. The minimum atomic E-state index is -3.55. The zero-order chi connectivity index (χ0) is 17.7. The number of benzene rings is 1. The zero-order valence-electron chi connectivity index (χ0n) is 13.8. The van der Waals surface area contributed by atoms with Gasteiger partial charge in [0.25, 0.3) is 0 Å². The molecule has 0 atom stereocenters. The first-order valence-electron chi connectivity index (χ1n) is 7.25. The van der Waals surface area contributed by atoms with Gasteiger partial charge < -0.3 is 5.32 Å². The van der Waals surface area contributed by atoms with Gasteiger partial charge in [-0.15, -0.1) is 0 Å². The summed E-state index contributed by atoms with van der Waals surface area (Å²) in [5.74, 6) is -0.309. The molecule has 0 aliphatic rings. The summed E-state index contributed by atoms with van der Waals surface area (Å²) in [5.41, 5.74) is 1.34. The summed E-state index contributed by atoms with van der Waals surface area (Å²) in [6, 6.07) is 6.61. The Balaban J connectivity index is 2.07. The van der Waals surface area contributed by atoms with E-state index in [1.807, 2.05) is 0 Å². The van der Waals surface area contributed by atoms with Gasteiger partial charge in [-0.2, -0.15) is 5.10 Å². The molecule has 2 aromatic rings. The topological polar surface area (TPSA) is 84.3 Å². The van der Waals surface area contributed by atoms with Crippen molar-refractivity contribution in [2.45, 2.75) is 11.4 Å². The molecule has 0 fully saturated rings. The summed E-state index contributed by atoms with van der Waals surface area (Å²) in [6.45, 7) is 0.124. The third-order valence-corrected chi connectivity index (χ3v) is 5.25. The van der Waals surface area contributed by atoms with E-state index in [1.54, 1.807) is 48.4 Å². The maximum atomic E-state index is 12.3. The quantitative estimate of drug-likeness (QED) is 0.790. The summed E-state index contributed by atoms with van der Waals surface area (Å²) < 4.78 is 27.4. The van der Waals surface area contributed by atoms with Crippen molar-refractivity contribution in [3.8, 4) is 0 Å². The van der Waals surface area contributed by atoms with Crippen molar-refractivity contribution in [3.05, 3.63) is 53.9 Å². The lowest BCUT2D eigenvalue weighted by Crippen LogP contribution is -2.26. The van der Waals surface area contributed by atoms with Gasteiger partial charge in [0, 0.05) is 45.5 Å². The molecule has 1 amide bonds. The zero-order valence-corrected chi connectivity index (χ0v) is 14.6. The Labute approximate surface area is 141 Å². The molecule has 0 spiro atoms. The SMILES string of the molecule is CN(C)S(=O)(=O)c1ccccc1CNC(=O)C=Cc1cnn(C)c1. The fourth-order valence-electron chi connectivity index (χ4n) is 2.04. The number of nitrogens with one attached hydrogen (secondary N) is 1. The van der Waals surface area contributed by atoms with E-state index in [2.05, 4.69) is 10.4 Å². The summed E-state index contributed by atoms with van der Waals surface area (Å²) >= 11 is 0. The monoisotopic (exact) mass is 348 g/mol. The van der Waals surface area contributed by atoms with Crippen LogP contribution in [0, 0.1) is 0 Å². The van der Waals surface area contributed by atoms with Gasteiger partial charge in [-0.3, -0.25) is 9.48 Å². The van der Waals surface area contributed by atoms with Crippen LogP contribution in [0.3, 0.4) is 0 Å². The van der Waals surface area contributed by atoms with Crippen LogP contribution < -0.4 is 5.32 Å². The number of hydrogen-bond acceptors (Lipinski definition) is 4. The molecule has 0 aliphatic heterocycles. The van der Waals surface area contributed by atoms with E-state index in [0.717, 1.165) is 9.87 Å². The lowest BCUT2D eigenvalue weighted by atomic mass is 10.2. The van der Waals surface area contributed by atoms with Gasteiger partial charge in [0.1, 0.15) is 0 Å². The molecule has 0 saturated carbocycles. The predicted octanol–water partition coefficient (Wildman–Crippen LogP) is 1.00. The number of aryl methyl sites for hydroxylation is 1. The first-order valence-corrected chi connectivity index (χ1v) is 8.69. The van der Waals surface area contributed by atoms with Crippen molar-refractivity contribution >= 4 is 22.0 Å². The highest BCUT2D eigenvalue weighted by molar-refractivity contribution is 7.89. The molecule has 0 saturated heterocycles. The molecule has 8 heteroatoms. The second kappa shape index (κ2) is 7.41. The van der Waals surface area contributed by atoms with Crippen molar-refractivity contribution in [2.24, 2.45) is 7.05 Å². The first-order chi connectivity index (χ1) is 11.3. The number of hydrogen-bond donors (Lipinski definition) is 1. The van der Waals surface area contributed by atoms with Crippen LogP contribution in [0.15, 0.2) is 47.6 Å². The van der Waals surface area contributed by atoms with Crippen molar-refractivity contribution in [3.63, 3.8) is 0 Å². The van der Waals surface area contributed by atoms with Gasteiger partial charge in [0.2, 0.25) is 15.9 Å². The molecule has 24 heavy (non-hydrogen) atoms. The van der Waals surface area contributed by atoms with Crippen molar-refractivity contribution in [1.29, 1.82) is 0 Å². The van der Waals surface area contributed by atoms with Crippen molar-refractivity contribution < 1.29 is 13.2 Å². The van der Waals surface area contributed by atoms with Crippen LogP contribution in [0.25, 0.3) is 6.08 Å². The number of carbonyl (C=O) groups is 1. The maximum Gasteiger partial charge on any atom is 0.244 e. The highest BCUT2D eigenvalue weighted by Crippen LogP contribution is 2.18. The Morgan fingerprint density at radius 1 is 1.33 bits per heavy atom. The second-order valence-corrected chi connectivity index (χ2v) is 7.51. The minimum absolute atomic E-state index is 0.124. The van der Waals surface area contributed by atoms with E-state index in [0.29, 0.717) is 5.56 Å². The normalized spacial score (nSPS) is 12.0. The lowest BCUT2D eigenvalue weighted by Gasteiger charge is -2.15. The molecule has 128 valence electrons. The van der Waals surface area contributed by atoms with Crippen LogP contribution >= 0.6 is 0 Å². The fourth-order valence-corrected chi connectivity index (χ4v) is 3.15. The van der Waals surface area contributed by atoms with Crippen LogP contribution in [-0.4, -0.2) is 42.5 Å². The summed E-state index contributed by atoms with van der Waals surface area (Å²) in [4.78, 5) is 12.1. The van der Waals surface area contributed by atoms with E-state index in [1.165, 1.54) is 26.2 Å². The summed E-state index contributed by atoms with van der Waals surface area (Å²) in [7, 11) is 1.18. The van der Waals surface area contributed by atoms with E-state index in [4.69, 9.17) is 0 Å². The highest BCUT2D eigenvalue weighted by Gasteiger charge is 2.20. The average Bonchev–Trinajstić information content (AvgIpc) is 2.96. The molecule has 7 nitrogen and oxygen atoms in total. The number of carbonyl (C=O) groups excluding carboxylic acids is 1. The molecule has 1 aromatic carbocycles. The molecule has 0 radical (unpaired) electrons. The second-order valence-electron chi connectivity index (χ2n) is 5.39. The molecule has 1 aromatic heterocycles. The third kappa shape index (κ3) is 4.30. The Hall–Kier alpha value is -2.45. The van der Waals surface area contributed by atoms with E-state index in [-0.39, 0.29) is 17.3 Å². The van der Waals surface area contributed by atoms with Crippen LogP contribution in [0.1, 0.15) is 11.1 Å². The third-order valence-electron chi connectivity index (χ3n) is 3.34. The standard InChI is InChI=1S/C16H20N4O3S/c1-19(2)24(22,23)15-7-5-4-6-14(15)11-17-16(21)9-8-13-10-18-20(3)12-13/h4-10,12H,11H2,1-3H3,(H,17,21). The lowest BCUT2D eigenvalue weighted by molar-refractivity contribution is -0.116. The molecule has 0 bridgehead atoms. The Kier molecular flexibility index (Phi) is 5.53. The molecule has 1 N–H and O–H groups in total. The van der Waals surface area contributed by atoms with Gasteiger partial charge in [-0.05, 0) is 17.7 Å². The molecule has 2 rings (SSSR count). The van der Waals surface area contributed by atoms with Crippen LogP contribution in [-0.2, 0) is 28.4 Å². The van der Waals surface area contributed by atoms with Gasteiger partial charge in [-0.25, -0.2) is 12.7 Å². The van der Waals surface area contributed by atoms with Crippen LogP contribution in [0.2, 0.25) is 0 Å². The van der Waals surface area contributed by atoms with Gasteiger partial charge in [0.05, 0.1) is 11.1 Å². The molecule has 0 aliphatic carbocycles. The van der Waals surface area contributed by atoms with Crippen LogP contribution in [0.4, 0.5) is 0 Å². The van der Waals surface area contributed by atoms with Crippen molar-refractivity contribution in [2.75, 3.05) is 14.1 Å². The molecular weight excluding hydrogens is 328 g/mol. The number of aromatic nitrogens is 2. The number of sulfonamides is 1. The van der Waals surface area contributed by atoms with Gasteiger partial charge in [-0.1, -0.05) is 18.2 Å². The van der Waals surface area contributed by atoms with E-state index >= 15 is 0 Å². The Bertz CT molecular complexity index is 854. The number of rotatable bonds is 6. The van der Waals surface area contributed by atoms with Crippen LogP contribution in [0.5, 0.6) is 0 Å². The molecule has 0 unspecified atom stereocenters. The van der Waals surface area contributed by atoms with Crippen molar-refractivity contribution in [1.82, 2.24) is 19.4 Å². The van der Waals surface area contributed by atoms with Gasteiger partial charge >= 0.3 is 0 Å². The summed E-state index contributed by atoms with van der Waals surface area (Å²) in [5, 5.41) is 6.70.